The topological polar surface area (TPSA) is 52.5 Å². The van der Waals surface area contributed by atoms with Crippen molar-refractivity contribution in [1.29, 1.82) is 0 Å². The molecule has 308 valence electrons. The third-order valence-electron chi connectivity index (χ3n) is 12.8. The minimum atomic E-state index is 0.270. The summed E-state index contributed by atoms with van der Waals surface area (Å²) < 4.78 is 11.3. The van der Waals surface area contributed by atoms with Gasteiger partial charge in [0.15, 0.2) is 11.4 Å². The smallest absolute Gasteiger partial charge is 0.196 e. The zero-order chi connectivity index (χ0) is 43.8. The quantitative estimate of drug-likeness (QED) is 0.113. The second-order valence-electron chi connectivity index (χ2n) is 18.0. The Bertz CT molecular complexity index is 3540. The number of aromatic nitrogens is 4. The van der Waals surface area contributed by atoms with Crippen LogP contribution in [0.3, 0.4) is 0 Å². The van der Waals surface area contributed by atoms with Crippen LogP contribution in [-0.4, -0.2) is 18.8 Å². The first-order valence-electron chi connectivity index (χ1n) is 21.9. The molecule has 4 aromatic heterocycles. The van der Waals surface area contributed by atoms with Gasteiger partial charge in [-0.2, -0.15) is 0 Å². The monoisotopic (exact) mass is 820 g/mol. The largest absolute Gasteiger partial charge is 0.457 e. The first-order chi connectivity index (χ1) is 30.5. The highest BCUT2D eigenvalue weighted by Gasteiger charge is 2.24. The van der Waals surface area contributed by atoms with Crippen LogP contribution in [0, 0.1) is 13.1 Å². The highest BCUT2D eigenvalue weighted by molar-refractivity contribution is 6.15. The van der Waals surface area contributed by atoms with Gasteiger partial charge in [0.25, 0.3) is 0 Å². The molecule has 0 unspecified atom stereocenters. The number of hydrogen-bond acceptors (Lipinski definition) is 3. The average molecular weight is 821 g/mol. The molecule has 0 amide bonds. The number of pyridine rings is 2. The van der Waals surface area contributed by atoms with Crippen LogP contribution in [0.15, 0.2) is 122 Å². The summed E-state index contributed by atoms with van der Waals surface area (Å²) in [6, 6.07) is 38.0. The molecule has 0 aliphatic heterocycles. The molecule has 10 rings (SSSR count). The second kappa shape index (κ2) is 15.2. The van der Waals surface area contributed by atoms with Crippen molar-refractivity contribution in [3.8, 4) is 34.0 Å². The molecule has 63 heavy (non-hydrogen) atoms. The van der Waals surface area contributed by atoms with Gasteiger partial charge in [0.2, 0.25) is 0 Å². The summed E-state index contributed by atoms with van der Waals surface area (Å²) in [5.41, 5.74) is 13.8. The van der Waals surface area contributed by atoms with E-state index in [1.165, 1.54) is 27.8 Å². The zero-order valence-electron chi connectivity index (χ0n) is 36.9. The summed E-state index contributed by atoms with van der Waals surface area (Å²) >= 11 is 0. The molecule has 0 fully saturated rings. The van der Waals surface area contributed by atoms with Crippen LogP contribution >= 0.6 is 0 Å². The number of benzene rings is 6. The van der Waals surface area contributed by atoms with Crippen molar-refractivity contribution in [3.05, 3.63) is 167 Å². The molecule has 7 heteroatoms. The van der Waals surface area contributed by atoms with E-state index in [2.05, 4.69) is 159 Å². The summed E-state index contributed by atoms with van der Waals surface area (Å²) in [7, 11) is 0. The van der Waals surface area contributed by atoms with Crippen LogP contribution in [-0.2, 0) is 0 Å². The van der Waals surface area contributed by atoms with Crippen LogP contribution in [0.2, 0.25) is 0 Å². The lowest BCUT2D eigenvalue weighted by molar-refractivity contribution is 0.484. The predicted molar refractivity (Wildman–Crippen MR) is 260 cm³/mol. The molecule has 0 aliphatic carbocycles. The van der Waals surface area contributed by atoms with E-state index in [1.54, 1.807) is 0 Å². The number of fused-ring (bicyclic) bond motifs is 12. The normalized spacial score (nSPS) is 12.0. The van der Waals surface area contributed by atoms with Crippen LogP contribution in [0.25, 0.3) is 86.8 Å². The number of imidazole rings is 2. The van der Waals surface area contributed by atoms with Crippen molar-refractivity contribution in [2.75, 3.05) is 0 Å². The van der Waals surface area contributed by atoms with E-state index in [1.807, 2.05) is 36.7 Å². The molecule has 0 N–H and O–H groups in total. The maximum Gasteiger partial charge on any atom is 0.196 e. The SMILES string of the molecule is [C-]#[N+]c1cc2c3ccc(Oc4ccc5c6ccccc6n6c(-c7c(C(C)C)cccc7C(C)C)cnc6c5c4)cc3c3ncc(-c4c(C(C)C)cccc4C(C)C)n3c2cc1[N+]#[C-]. The van der Waals surface area contributed by atoms with Crippen LogP contribution < -0.4 is 4.74 Å². The van der Waals surface area contributed by atoms with Gasteiger partial charge in [0, 0.05) is 32.8 Å². The first-order valence-corrected chi connectivity index (χ1v) is 21.9. The fourth-order valence-corrected chi connectivity index (χ4v) is 9.81. The van der Waals surface area contributed by atoms with Crippen molar-refractivity contribution in [2.24, 2.45) is 0 Å². The summed E-state index contributed by atoms with van der Waals surface area (Å²) in [4.78, 5) is 17.9. The van der Waals surface area contributed by atoms with Crippen molar-refractivity contribution in [1.82, 2.24) is 18.8 Å². The van der Waals surface area contributed by atoms with E-state index >= 15 is 0 Å². The Morgan fingerprint density at radius 1 is 0.444 bits per heavy atom. The number of para-hydroxylation sites is 1. The standard InChI is InChI=1S/C56H48N6O/c1-31(2)37-16-13-17-38(32(3)4)53(37)51-29-59-55-45-25-35(21-23-41(45)43-15-11-12-20-49(43)61(51)55)63-36-22-24-42-44-27-47(57-9)48(58-10)28-50(44)62-52(30-60-56(62)46(42)26-36)54-39(33(5)6)18-14-19-40(54)34(7)8/h11-34H,1-8H3. The van der Waals surface area contributed by atoms with Crippen molar-refractivity contribution in [2.45, 2.75) is 79.1 Å². The highest BCUT2D eigenvalue weighted by atomic mass is 16.5. The Hall–Kier alpha value is -7.48. The molecular weight excluding hydrogens is 773 g/mol. The fourth-order valence-electron chi connectivity index (χ4n) is 9.81. The predicted octanol–water partition coefficient (Wildman–Crippen LogP) is 16.3. The maximum absolute atomic E-state index is 7.99. The lowest BCUT2D eigenvalue weighted by atomic mass is 9.87. The van der Waals surface area contributed by atoms with Crippen LogP contribution in [0.5, 0.6) is 11.5 Å². The van der Waals surface area contributed by atoms with Gasteiger partial charge in [0.05, 0.1) is 42.4 Å². The first kappa shape index (κ1) is 39.6. The lowest BCUT2D eigenvalue weighted by Crippen LogP contribution is -2.02. The van der Waals surface area contributed by atoms with Crippen LogP contribution in [0.4, 0.5) is 11.4 Å². The molecule has 0 aliphatic rings. The Balaban J connectivity index is 1.18. The van der Waals surface area contributed by atoms with Crippen molar-refractivity contribution in [3.63, 3.8) is 0 Å². The van der Waals surface area contributed by atoms with Crippen molar-refractivity contribution < 1.29 is 4.74 Å². The molecule has 0 spiro atoms. The Kier molecular flexibility index (Phi) is 9.53. The number of rotatable bonds is 8. The molecular formula is C56H48N6O. The molecule has 10 aromatic rings. The molecule has 0 saturated heterocycles. The number of nitrogens with zero attached hydrogens (tertiary/aromatic N) is 6. The van der Waals surface area contributed by atoms with Gasteiger partial charge in [-0.3, -0.25) is 18.5 Å². The van der Waals surface area contributed by atoms with Crippen LogP contribution in [0.1, 0.15) is 101 Å². The third kappa shape index (κ3) is 6.22. The molecule has 0 radical (unpaired) electrons. The van der Waals surface area contributed by atoms with E-state index in [0.29, 0.717) is 34.7 Å². The third-order valence-corrected chi connectivity index (χ3v) is 12.8. The van der Waals surface area contributed by atoms with Gasteiger partial charge < -0.3 is 4.74 Å². The lowest BCUT2D eigenvalue weighted by Gasteiger charge is -2.21. The molecule has 0 bridgehead atoms. The Morgan fingerprint density at radius 2 is 0.889 bits per heavy atom. The van der Waals surface area contributed by atoms with Crippen molar-refractivity contribution >= 4 is 66.0 Å². The Morgan fingerprint density at radius 3 is 1.37 bits per heavy atom. The zero-order valence-corrected chi connectivity index (χ0v) is 36.9. The van der Waals surface area contributed by atoms with Gasteiger partial charge in [-0.25, -0.2) is 9.97 Å². The van der Waals surface area contributed by atoms with E-state index in [-0.39, 0.29) is 11.8 Å². The van der Waals surface area contributed by atoms with E-state index < -0.39 is 0 Å². The van der Waals surface area contributed by atoms with Gasteiger partial charge in [-0.05, 0) is 111 Å². The van der Waals surface area contributed by atoms with E-state index in [4.69, 9.17) is 27.8 Å². The van der Waals surface area contributed by atoms with Gasteiger partial charge in [0.1, 0.15) is 22.8 Å². The maximum atomic E-state index is 7.99. The van der Waals surface area contributed by atoms with Gasteiger partial charge in [-0.1, -0.05) is 116 Å². The second-order valence-corrected chi connectivity index (χ2v) is 18.0. The highest BCUT2D eigenvalue weighted by Crippen LogP contribution is 2.45. The number of ether oxygens (including phenoxy) is 1. The summed E-state index contributed by atoms with van der Waals surface area (Å²) in [6.45, 7) is 33.9. The molecule has 6 aromatic carbocycles. The molecule has 0 saturated carbocycles. The average Bonchev–Trinajstić information content (AvgIpc) is 3.94. The summed E-state index contributed by atoms with van der Waals surface area (Å²) in [5.74, 6) is 2.57. The summed E-state index contributed by atoms with van der Waals surface area (Å²) in [5, 5.41) is 5.96. The van der Waals surface area contributed by atoms with Gasteiger partial charge >= 0.3 is 0 Å². The van der Waals surface area contributed by atoms with E-state index in [0.717, 1.165) is 71.6 Å². The summed E-state index contributed by atoms with van der Waals surface area (Å²) in [6.07, 6.45) is 4.01. The minimum absolute atomic E-state index is 0.270. The van der Waals surface area contributed by atoms with Gasteiger partial charge in [-0.15, -0.1) is 0 Å². The fraction of sp³-hybridized carbons (Fsp3) is 0.214. The van der Waals surface area contributed by atoms with E-state index in [9.17, 15) is 0 Å². The molecule has 4 heterocycles. The minimum Gasteiger partial charge on any atom is -0.457 e. The molecule has 0 atom stereocenters. The number of hydrogen-bond donors (Lipinski definition) is 0. The molecule has 7 nitrogen and oxygen atoms in total. The Labute approximate surface area is 367 Å².